The van der Waals surface area contributed by atoms with Crippen molar-refractivity contribution in [3.63, 3.8) is 0 Å². The lowest BCUT2D eigenvalue weighted by Crippen LogP contribution is -2.67. The molecule has 1 saturated heterocycles. The highest BCUT2D eigenvalue weighted by molar-refractivity contribution is 6.00. The highest BCUT2D eigenvalue weighted by Crippen LogP contribution is 2.73. The summed E-state index contributed by atoms with van der Waals surface area (Å²) in [7, 11) is 0. The first-order valence-electron chi connectivity index (χ1n) is 24.0. The topological polar surface area (TPSA) is 218 Å². The monoisotopic (exact) mass is 852 g/mol. The van der Waals surface area contributed by atoms with Crippen molar-refractivity contribution in [2.75, 3.05) is 13.2 Å². The molecule has 0 bridgehead atoms. The zero-order valence-electron chi connectivity index (χ0n) is 37.3. The van der Waals surface area contributed by atoms with E-state index in [1.807, 2.05) is 19.1 Å². The SMILES string of the molecule is CCCC1CCC2OC(C(O)C(C)(O)C3CCC4(O)C5=C(NCC(C)O)C(=O)C6CC(O)C(O)CC67CC(C6=C(CCCO)NC(N)C=C6)C=CC(CC34C)C57)C(C)C2CC1. The number of carbonyl (C=O) groups excluding carboxylic acids is 1. The molecule has 5 fully saturated rings. The first kappa shape index (κ1) is 45.4. The number of ketones is 1. The summed E-state index contributed by atoms with van der Waals surface area (Å²) >= 11 is 0. The van der Waals surface area contributed by atoms with E-state index in [1.54, 1.807) is 13.8 Å². The van der Waals surface area contributed by atoms with Gasteiger partial charge < -0.3 is 56.8 Å². The molecule has 19 atom stereocenters. The number of allylic oxidation sites excluding steroid dienone is 6. The molecule has 61 heavy (non-hydrogen) atoms. The lowest BCUT2D eigenvalue weighted by Gasteiger charge is -2.64. The van der Waals surface area contributed by atoms with Gasteiger partial charge in [-0.3, -0.25) is 4.79 Å². The van der Waals surface area contributed by atoms with Crippen LogP contribution >= 0.6 is 0 Å². The molecular weight excluding hydrogens is 775 g/mol. The minimum atomic E-state index is -1.65. The zero-order valence-corrected chi connectivity index (χ0v) is 37.3. The zero-order chi connectivity index (χ0) is 43.8. The van der Waals surface area contributed by atoms with E-state index in [0.29, 0.717) is 49.5 Å². The van der Waals surface area contributed by atoms with Crippen LogP contribution < -0.4 is 16.4 Å². The predicted octanol–water partition coefficient (Wildman–Crippen LogP) is 3.86. The summed E-state index contributed by atoms with van der Waals surface area (Å²) in [5.41, 5.74) is 4.03. The number of dihydropyridines is 1. The molecule has 12 nitrogen and oxygen atoms in total. The van der Waals surface area contributed by atoms with Crippen molar-refractivity contribution in [2.24, 2.45) is 63.9 Å². The van der Waals surface area contributed by atoms with E-state index < -0.39 is 76.5 Å². The predicted molar refractivity (Wildman–Crippen MR) is 232 cm³/mol. The van der Waals surface area contributed by atoms with Gasteiger partial charge in [0.2, 0.25) is 0 Å². The molecule has 2 heterocycles. The van der Waals surface area contributed by atoms with Crippen LogP contribution in [-0.2, 0) is 9.53 Å². The quantitative estimate of drug-likeness (QED) is 0.127. The molecule has 6 aliphatic carbocycles. The Bertz CT molecular complexity index is 1780. The maximum Gasteiger partial charge on any atom is 0.182 e. The first-order valence-corrected chi connectivity index (χ1v) is 24.0. The molecule has 0 amide bonds. The number of aliphatic hydroxyl groups is 7. The second-order valence-corrected chi connectivity index (χ2v) is 21.6. The molecule has 0 aromatic carbocycles. The van der Waals surface area contributed by atoms with Gasteiger partial charge in [0.25, 0.3) is 0 Å². The number of nitrogens with one attached hydrogen (secondary N) is 2. The molecule has 0 radical (unpaired) electrons. The van der Waals surface area contributed by atoms with Crippen molar-refractivity contribution in [2.45, 2.75) is 179 Å². The van der Waals surface area contributed by atoms with Gasteiger partial charge >= 0.3 is 0 Å². The summed E-state index contributed by atoms with van der Waals surface area (Å²) < 4.78 is 6.77. The number of Topliss-reactive ketones (excluding diaryl/α,β-unsaturated/α-hetero) is 1. The molecule has 0 aromatic heterocycles. The fourth-order valence-electron chi connectivity index (χ4n) is 15.1. The summed E-state index contributed by atoms with van der Waals surface area (Å²) in [4.78, 5) is 15.3. The van der Waals surface area contributed by atoms with Crippen LogP contribution in [0.3, 0.4) is 0 Å². The van der Waals surface area contributed by atoms with Crippen molar-refractivity contribution < 1.29 is 45.3 Å². The van der Waals surface area contributed by atoms with Crippen LogP contribution in [0.4, 0.5) is 0 Å². The van der Waals surface area contributed by atoms with E-state index in [0.717, 1.165) is 37.0 Å². The van der Waals surface area contributed by atoms with Gasteiger partial charge in [0.05, 0.1) is 53.6 Å². The highest BCUT2D eigenvalue weighted by Gasteiger charge is 2.73. The average molecular weight is 852 g/mol. The fourth-order valence-corrected chi connectivity index (χ4v) is 15.1. The molecule has 19 unspecified atom stereocenters. The largest absolute Gasteiger partial charge is 0.396 e. The van der Waals surface area contributed by atoms with Crippen LogP contribution in [0.2, 0.25) is 0 Å². The number of rotatable bonds is 12. The van der Waals surface area contributed by atoms with Gasteiger partial charge in [0, 0.05) is 36.1 Å². The number of ether oxygens (including phenoxy) is 1. The Morgan fingerprint density at radius 1 is 1.07 bits per heavy atom. The average Bonchev–Trinajstić information content (AvgIpc) is 3.50. The van der Waals surface area contributed by atoms with Crippen molar-refractivity contribution in [3.8, 4) is 0 Å². The van der Waals surface area contributed by atoms with E-state index in [4.69, 9.17) is 10.5 Å². The Morgan fingerprint density at radius 3 is 2.54 bits per heavy atom. The van der Waals surface area contributed by atoms with Crippen LogP contribution in [0, 0.1) is 58.2 Å². The minimum Gasteiger partial charge on any atom is -0.396 e. The summed E-state index contributed by atoms with van der Waals surface area (Å²) in [6.45, 7) is 9.91. The van der Waals surface area contributed by atoms with Crippen molar-refractivity contribution >= 4 is 5.78 Å². The van der Waals surface area contributed by atoms with Gasteiger partial charge in [-0.2, -0.15) is 0 Å². The third-order valence-electron chi connectivity index (χ3n) is 18.0. The molecule has 342 valence electrons. The second-order valence-electron chi connectivity index (χ2n) is 21.6. The van der Waals surface area contributed by atoms with E-state index in [-0.39, 0.29) is 67.8 Å². The first-order chi connectivity index (χ1) is 28.9. The van der Waals surface area contributed by atoms with Crippen LogP contribution in [0.15, 0.2) is 46.8 Å². The maximum atomic E-state index is 15.3. The normalized spacial score (nSPS) is 46.4. The maximum absolute atomic E-state index is 15.3. The Labute approximate surface area is 363 Å². The van der Waals surface area contributed by atoms with Gasteiger partial charge in [0.15, 0.2) is 5.78 Å². The number of hydrogen-bond donors (Lipinski definition) is 10. The standard InChI is InChI=1S/C49H77N3O9/c1-6-8-28-10-14-31-27(3)44(61-37(31)16-11-28)45(58)47(5,59)38-18-19-49(60)41-40-30(22-46(38,49)4)13-12-29(32-15-17-39(50)52-34(32)9-7-20-53)23-48(40)24-36(56)35(55)21-33(48)43(57)42(41)51-25-26(2)54/h12-13,15,17,26-31,33,35-40,44-45,51-56,58-60H,6-11,14,16,18-25,50H2,1-5H3. The van der Waals surface area contributed by atoms with Crippen molar-refractivity contribution in [1.82, 2.24) is 10.6 Å². The third-order valence-corrected chi connectivity index (χ3v) is 18.0. The molecular formula is C49H77N3O9. The smallest absolute Gasteiger partial charge is 0.182 e. The molecule has 11 N–H and O–H groups in total. The van der Waals surface area contributed by atoms with E-state index in [1.165, 1.54) is 12.8 Å². The summed E-state index contributed by atoms with van der Waals surface area (Å²) in [6.07, 6.45) is 12.9. The summed E-state index contributed by atoms with van der Waals surface area (Å²) in [5, 5.41) is 89.1. The molecule has 12 heteroatoms. The molecule has 1 spiro atoms. The molecule has 8 rings (SSSR count). The Kier molecular flexibility index (Phi) is 12.7. The van der Waals surface area contributed by atoms with Crippen LogP contribution in [0.5, 0.6) is 0 Å². The van der Waals surface area contributed by atoms with Crippen LogP contribution in [0.1, 0.15) is 125 Å². The Morgan fingerprint density at radius 2 is 1.82 bits per heavy atom. The molecule has 2 aliphatic heterocycles. The summed E-state index contributed by atoms with van der Waals surface area (Å²) in [5.74, 6) is -1.28. The Balaban J connectivity index is 1.22. The Hall–Kier alpha value is -2.13. The van der Waals surface area contributed by atoms with Gasteiger partial charge in [-0.25, -0.2) is 0 Å². The second kappa shape index (κ2) is 17.0. The summed E-state index contributed by atoms with van der Waals surface area (Å²) in [6, 6.07) is 0. The number of fused-ring (bicyclic) bond motifs is 3. The van der Waals surface area contributed by atoms with E-state index in [9.17, 15) is 35.7 Å². The van der Waals surface area contributed by atoms with E-state index >= 15 is 4.79 Å². The lowest BCUT2D eigenvalue weighted by molar-refractivity contribution is -0.204. The third kappa shape index (κ3) is 7.44. The van der Waals surface area contributed by atoms with Crippen molar-refractivity contribution in [1.29, 1.82) is 0 Å². The lowest BCUT2D eigenvalue weighted by atomic mass is 9.41. The molecule has 0 aromatic rings. The van der Waals surface area contributed by atoms with Gasteiger partial charge in [-0.1, -0.05) is 58.3 Å². The highest BCUT2D eigenvalue weighted by atomic mass is 16.5. The van der Waals surface area contributed by atoms with Gasteiger partial charge in [-0.05, 0) is 143 Å². The fraction of sp³-hybridized carbons (Fsp3) is 0.816. The van der Waals surface area contributed by atoms with Crippen molar-refractivity contribution in [3.05, 3.63) is 46.8 Å². The molecule has 4 saturated carbocycles. The van der Waals surface area contributed by atoms with Gasteiger partial charge in [0.1, 0.15) is 6.10 Å². The number of nitrogens with two attached hydrogens (primary N) is 1. The number of aliphatic hydroxyl groups excluding tert-OH is 5. The number of hydrogen-bond acceptors (Lipinski definition) is 12. The number of carbonyl (C=O) groups is 1. The molecule has 8 aliphatic rings. The van der Waals surface area contributed by atoms with E-state index in [2.05, 4.69) is 36.6 Å². The van der Waals surface area contributed by atoms with Crippen LogP contribution in [0.25, 0.3) is 0 Å². The van der Waals surface area contributed by atoms with Crippen LogP contribution in [-0.4, -0.2) is 109 Å². The minimum absolute atomic E-state index is 0.0201. The van der Waals surface area contributed by atoms with Gasteiger partial charge in [-0.15, -0.1) is 0 Å².